The summed E-state index contributed by atoms with van der Waals surface area (Å²) >= 11 is 11.7. The van der Waals surface area contributed by atoms with Gasteiger partial charge in [0.1, 0.15) is 0 Å². The lowest BCUT2D eigenvalue weighted by Crippen LogP contribution is -2.35. The van der Waals surface area contributed by atoms with Crippen LogP contribution in [0.2, 0.25) is 5.02 Å². The van der Waals surface area contributed by atoms with Crippen LogP contribution in [0, 0.1) is 12.3 Å². The van der Waals surface area contributed by atoms with E-state index < -0.39 is 0 Å². The molecule has 0 radical (unpaired) electrons. The van der Waals surface area contributed by atoms with Crippen LogP contribution in [0.3, 0.4) is 0 Å². The van der Waals surface area contributed by atoms with Crippen molar-refractivity contribution in [2.45, 2.75) is 39.0 Å². The van der Waals surface area contributed by atoms with Crippen molar-refractivity contribution in [2.24, 2.45) is 10.4 Å². The highest BCUT2D eigenvalue weighted by Crippen LogP contribution is 2.42. The Morgan fingerprint density at radius 2 is 2.05 bits per heavy atom. The minimum absolute atomic E-state index is 0.469. The van der Waals surface area contributed by atoms with E-state index >= 15 is 0 Å². The molecule has 2 nitrogen and oxygen atoms in total. The molecular weight excluding hydrogens is 368 g/mol. The lowest BCUT2D eigenvalue weighted by Gasteiger charge is -2.38. The molecule has 21 heavy (non-hydrogen) atoms. The van der Waals surface area contributed by atoms with E-state index in [1.807, 2.05) is 30.8 Å². The van der Waals surface area contributed by atoms with Crippen LogP contribution in [-0.2, 0) is 0 Å². The zero-order chi connectivity index (χ0) is 14.9. The fourth-order valence-corrected chi connectivity index (χ4v) is 4.97. The van der Waals surface area contributed by atoms with Gasteiger partial charge in [-0.1, -0.05) is 42.6 Å². The van der Waals surface area contributed by atoms with Gasteiger partial charge < -0.3 is 5.32 Å². The molecule has 1 spiro atoms. The van der Waals surface area contributed by atoms with Gasteiger partial charge in [-0.15, -0.1) is 0 Å². The van der Waals surface area contributed by atoms with E-state index in [1.165, 1.54) is 37.9 Å². The molecule has 0 amide bonds. The van der Waals surface area contributed by atoms with Crippen molar-refractivity contribution in [1.82, 2.24) is 0 Å². The Kier molecular flexibility index (Phi) is 4.87. The van der Waals surface area contributed by atoms with Crippen LogP contribution in [0.15, 0.2) is 21.6 Å². The van der Waals surface area contributed by atoms with Gasteiger partial charge in [-0.05, 0) is 58.8 Å². The number of aryl methyl sites for hydroxylation is 1. The van der Waals surface area contributed by atoms with Crippen LogP contribution >= 0.6 is 39.3 Å². The molecule has 3 rings (SSSR count). The highest BCUT2D eigenvalue weighted by atomic mass is 79.9. The van der Waals surface area contributed by atoms with E-state index in [4.69, 9.17) is 16.6 Å². The summed E-state index contributed by atoms with van der Waals surface area (Å²) in [5.41, 5.74) is 2.54. The normalized spacial score (nSPS) is 21.2. The molecule has 0 atom stereocenters. The number of amidine groups is 1. The monoisotopic (exact) mass is 386 g/mol. The topological polar surface area (TPSA) is 24.4 Å². The molecule has 0 bridgehead atoms. The first kappa shape index (κ1) is 15.7. The van der Waals surface area contributed by atoms with E-state index in [0.29, 0.717) is 5.41 Å². The largest absolute Gasteiger partial charge is 0.334 e. The zero-order valence-electron chi connectivity index (χ0n) is 12.2. The Bertz CT molecular complexity index is 568. The minimum Gasteiger partial charge on any atom is -0.334 e. The second-order valence-electron chi connectivity index (χ2n) is 6.18. The first-order valence-electron chi connectivity index (χ1n) is 7.48. The van der Waals surface area contributed by atoms with Crippen molar-refractivity contribution in [2.75, 3.05) is 17.6 Å². The van der Waals surface area contributed by atoms with Crippen molar-refractivity contribution >= 4 is 50.1 Å². The molecule has 0 unspecified atom stereocenters. The summed E-state index contributed by atoms with van der Waals surface area (Å²) in [7, 11) is 0. The van der Waals surface area contributed by atoms with Crippen LogP contribution < -0.4 is 5.32 Å². The summed E-state index contributed by atoms with van der Waals surface area (Å²) in [5, 5.41) is 5.22. The number of hydrogen-bond donors (Lipinski definition) is 1. The minimum atomic E-state index is 0.469. The average molecular weight is 388 g/mol. The van der Waals surface area contributed by atoms with Gasteiger partial charge in [0.15, 0.2) is 5.17 Å². The molecule has 1 aromatic rings. The molecule has 1 N–H and O–H groups in total. The molecule has 0 saturated heterocycles. The average Bonchev–Trinajstić information content (AvgIpc) is 2.48. The first-order valence-corrected chi connectivity index (χ1v) is 9.64. The van der Waals surface area contributed by atoms with Crippen molar-refractivity contribution in [3.05, 3.63) is 27.2 Å². The molecule has 114 valence electrons. The number of thioether (sulfide) groups is 1. The number of nitrogens with zero attached hydrogens (tertiary/aromatic N) is 1. The van der Waals surface area contributed by atoms with Crippen LogP contribution in [0.1, 0.15) is 37.7 Å². The van der Waals surface area contributed by atoms with Crippen LogP contribution in [0.5, 0.6) is 0 Å². The summed E-state index contributed by atoms with van der Waals surface area (Å²) < 4.78 is 1.03. The summed E-state index contributed by atoms with van der Waals surface area (Å²) in [6.45, 7) is 2.98. The summed E-state index contributed by atoms with van der Waals surface area (Å²) in [6, 6.07) is 4.01. The predicted octanol–water partition coefficient (Wildman–Crippen LogP) is 5.88. The van der Waals surface area contributed by atoms with Crippen molar-refractivity contribution < 1.29 is 0 Å². The van der Waals surface area contributed by atoms with Gasteiger partial charge in [-0.3, -0.25) is 4.99 Å². The van der Waals surface area contributed by atoms with E-state index in [9.17, 15) is 0 Å². The van der Waals surface area contributed by atoms with E-state index in [1.54, 1.807) is 0 Å². The molecule has 1 aromatic carbocycles. The van der Waals surface area contributed by atoms with E-state index in [2.05, 4.69) is 21.2 Å². The van der Waals surface area contributed by atoms with E-state index in [0.717, 1.165) is 32.5 Å². The number of anilines is 1. The van der Waals surface area contributed by atoms with Crippen LogP contribution in [0.25, 0.3) is 0 Å². The Hall–Kier alpha value is -0.190. The fourth-order valence-electron chi connectivity index (χ4n) is 3.09. The third-order valence-corrected chi connectivity index (χ3v) is 6.80. The summed E-state index contributed by atoms with van der Waals surface area (Å²) in [5.74, 6) is 1.19. The molecule has 1 aliphatic carbocycles. The molecule has 5 heteroatoms. The number of aliphatic imine (C=N–C) groups is 1. The highest BCUT2D eigenvalue weighted by molar-refractivity contribution is 9.10. The maximum atomic E-state index is 6.21. The lowest BCUT2D eigenvalue weighted by atomic mass is 9.75. The van der Waals surface area contributed by atoms with Gasteiger partial charge in [-0.2, -0.15) is 0 Å². The molecular formula is C16H20BrClN2S. The number of hydrogen-bond acceptors (Lipinski definition) is 3. The SMILES string of the molecule is Cc1cc(Br)c(NC2=NCC3(CCCCC3)CS2)cc1Cl. The summed E-state index contributed by atoms with van der Waals surface area (Å²) in [4.78, 5) is 4.80. The van der Waals surface area contributed by atoms with Gasteiger partial charge in [0, 0.05) is 21.8 Å². The van der Waals surface area contributed by atoms with Gasteiger partial charge >= 0.3 is 0 Å². The number of halogens is 2. The molecule has 2 aliphatic rings. The maximum Gasteiger partial charge on any atom is 0.161 e. The third-order valence-electron chi connectivity index (χ3n) is 4.48. The molecule has 1 saturated carbocycles. The van der Waals surface area contributed by atoms with E-state index in [-0.39, 0.29) is 0 Å². The Balaban J connectivity index is 1.71. The maximum absolute atomic E-state index is 6.21. The molecule has 1 heterocycles. The molecule has 0 aromatic heterocycles. The third kappa shape index (κ3) is 3.59. The molecule has 1 fully saturated rings. The first-order chi connectivity index (χ1) is 10.1. The van der Waals surface area contributed by atoms with Gasteiger partial charge in [0.05, 0.1) is 5.69 Å². The Morgan fingerprint density at radius 1 is 1.29 bits per heavy atom. The number of rotatable bonds is 1. The standard InChI is InChI=1S/C16H20BrClN2S/c1-11-7-12(17)14(8-13(11)18)20-15-19-9-16(10-21-15)5-3-2-4-6-16/h7-8H,2-6,9-10H2,1H3,(H,19,20). The Labute approximate surface area is 144 Å². The Morgan fingerprint density at radius 3 is 2.71 bits per heavy atom. The van der Waals surface area contributed by atoms with Crippen molar-refractivity contribution in [3.8, 4) is 0 Å². The van der Waals surface area contributed by atoms with Gasteiger partial charge in [-0.25, -0.2) is 0 Å². The quantitative estimate of drug-likeness (QED) is 0.651. The summed E-state index contributed by atoms with van der Waals surface area (Å²) in [6.07, 6.45) is 6.83. The van der Waals surface area contributed by atoms with Crippen LogP contribution in [-0.4, -0.2) is 17.5 Å². The highest BCUT2D eigenvalue weighted by Gasteiger charge is 2.34. The lowest BCUT2D eigenvalue weighted by molar-refractivity contribution is 0.232. The number of nitrogens with one attached hydrogen (secondary N) is 1. The van der Waals surface area contributed by atoms with Gasteiger partial charge in [0.2, 0.25) is 0 Å². The van der Waals surface area contributed by atoms with Crippen LogP contribution in [0.4, 0.5) is 5.69 Å². The second-order valence-corrected chi connectivity index (χ2v) is 8.40. The number of benzene rings is 1. The van der Waals surface area contributed by atoms with Crippen molar-refractivity contribution in [1.29, 1.82) is 0 Å². The molecule has 1 aliphatic heterocycles. The fraction of sp³-hybridized carbons (Fsp3) is 0.562. The zero-order valence-corrected chi connectivity index (χ0v) is 15.4. The van der Waals surface area contributed by atoms with Gasteiger partial charge in [0.25, 0.3) is 0 Å². The smallest absolute Gasteiger partial charge is 0.161 e. The predicted molar refractivity (Wildman–Crippen MR) is 97.8 cm³/mol. The second kappa shape index (κ2) is 6.51. The van der Waals surface area contributed by atoms with Crippen molar-refractivity contribution in [3.63, 3.8) is 0 Å².